The first-order chi connectivity index (χ1) is 11.7. The number of carbonyl (C=O) groups excluding carboxylic acids is 1. The molecule has 1 N–H and O–H groups in total. The lowest BCUT2D eigenvalue weighted by molar-refractivity contribution is 0.0790. The van der Waals surface area contributed by atoms with Crippen LogP contribution in [0.15, 0.2) is 24.3 Å². The fourth-order valence-corrected chi connectivity index (χ4v) is 3.81. The summed E-state index contributed by atoms with van der Waals surface area (Å²) in [5.74, 6) is 0.735. The molecule has 1 aromatic rings. The minimum Gasteiger partial charge on any atom is -0.497 e. The lowest BCUT2D eigenvalue weighted by Gasteiger charge is -2.41. The molecule has 2 aliphatic rings. The average molecular weight is 331 g/mol. The number of ether oxygens (including phenoxy) is 1. The molecule has 0 spiro atoms. The van der Waals surface area contributed by atoms with Crippen LogP contribution in [-0.2, 0) is 0 Å². The van der Waals surface area contributed by atoms with Gasteiger partial charge in [-0.1, -0.05) is 6.07 Å². The molecule has 1 aromatic carbocycles. The first-order valence-electron chi connectivity index (χ1n) is 9.03. The van der Waals surface area contributed by atoms with Gasteiger partial charge in [0.15, 0.2) is 0 Å². The van der Waals surface area contributed by atoms with Gasteiger partial charge in [0.05, 0.1) is 7.11 Å². The molecule has 0 radical (unpaired) electrons. The number of methoxy groups -OCH3 is 1. The first-order valence-corrected chi connectivity index (χ1v) is 9.03. The molecule has 1 saturated carbocycles. The van der Waals surface area contributed by atoms with Gasteiger partial charge in [0.1, 0.15) is 5.75 Å². The van der Waals surface area contributed by atoms with Crippen molar-refractivity contribution in [3.8, 4) is 5.75 Å². The first kappa shape index (κ1) is 17.2. The van der Waals surface area contributed by atoms with Gasteiger partial charge in [0.25, 0.3) is 5.91 Å². The fraction of sp³-hybridized carbons (Fsp3) is 0.632. The highest BCUT2D eigenvalue weighted by Gasteiger charge is 2.28. The lowest BCUT2D eigenvalue weighted by atomic mass is 9.89. The number of likely N-dealkylation sites (N-methyl/N-ethyl adjacent to an activating group) is 1. The number of hydrogen-bond acceptors (Lipinski definition) is 4. The van der Waals surface area contributed by atoms with Crippen LogP contribution in [0.5, 0.6) is 5.75 Å². The van der Waals surface area contributed by atoms with Crippen molar-refractivity contribution in [3.05, 3.63) is 29.8 Å². The summed E-state index contributed by atoms with van der Waals surface area (Å²) in [7, 11) is 3.82. The molecule has 0 aromatic heterocycles. The number of hydrogen-bond donors (Lipinski definition) is 1. The summed E-state index contributed by atoms with van der Waals surface area (Å²) in [4.78, 5) is 17.5. The van der Waals surface area contributed by atoms with Crippen LogP contribution < -0.4 is 10.1 Å². The Balaban J connectivity index is 1.47. The summed E-state index contributed by atoms with van der Waals surface area (Å²) in [6, 6.07) is 8.35. The summed E-state index contributed by atoms with van der Waals surface area (Å²) >= 11 is 0. The van der Waals surface area contributed by atoms with E-state index in [2.05, 4.69) is 22.2 Å². The van der Waals surface area contributed by atoms with Crippen molar-refractivity contribution < 1.29 is 9.53 Å². The molecule has 5 nitrogen and oxygen atoms in total. The summed E-state index contributed by atoms with van der Waals surface area (Å²) < 4.78 is 5.19. The number of nitrogens with one attached hydrogen (secondary N) is 1. The smallest absolute Gasteiger partial charge is 0.251 e. The quantitative estimate of drug-likeness (QED) is 0.916. The number of rotatable bonds is 4. The Morgan fingerprint density at radius 2 is 1.83 bits per heavy atom. The molecular weight excluding hydrogens is 302 g/mol. The highest BCUT2D eigenvalue weighted by Crippen LogP contribution is 2.24. The third kappa shape index (κ3) is 4.28. The van der Waals surface area contributed by atoms with Crippen molar-refractivity contribution in [2.24, 2.45) is 0 Å². The largest absolute Gasteiger partial charge is 0.497 e. The van der Waals surface area contributed by atoms with E-state index in [4.69, 9.17) is 4.74 Å². The van der Waals surface area contributed by atoms with E-state index in [-0.39, 0.29) is 5.91 Å². The molecule has 1 amide bonds. The van der Waals surface area contributed by atoms with Crippen LogP contribution in [0, 0.1) is 0 Å². The Bertz CT molecular complexity index is 547. The van der Waals surface area contributed by atoms with Crippen molar-refractivity contribution in [2.75, 3.05) is 40.3 Å². The molecule has 0 atom stereocenters. The number of piperazine rings is 1. The maximum atomic E-state index is 12.4. The molecule has 1 saturated heterocycles. The minimum absolute atomic E-state index is 0.0111. The van der Waals surface area contributed by atoms with Crippen LogP contribution in [0.3, 0.4) is 0 Å². The van der Waals surface area contributed by atoms with E-state index < -0.39 is 0 Å². The summed E-state index contributed by atoms with van der Waals surface area (Å²) in [5, 5.41) is 3.20. The molecule has 132 valence electrons. The second kappa shape index (κ2) is 7.99. The van der Waals surface area contributed by atoms with E-state index in [1.54, 1.807) is 13.2 Å². The monoisotopic (exact) mass is 331 g/mol. The van der Waals surface area contributed by atoms with Gasteiger partial charge < -0.3 is 15.0 Å². The van der Waals surface area contributed by atoms with Crippen molar-refractivity contribution in [1.29, 1.82) is 0 Å². The summed E-state index contributed by atoms with van der Waals surface area (Å²) in [6.07, 6.45) is 4.53. The van der Waals surface area contributed by atoms with E-state index in [1.807, 2.05) is 18.2 Å². The molecule has 5 heteroatoms. The van der Waals surface area contributed by atoms with Crippen LogP contribution in [0.25, 0.3) is 0 Å². The second-order valence-corrected chi connectivity index (χ2v) is 7.05. The zero-order chi connectivity index (χ0) is 16.9. The highest BCUT2D eigenvalue weighted by molar-refractivity contribution is 5.94. The normalized spacial score (nSPS) is 26.1. The molecular formula is C19H29N3O2. The van der Waals surface area contributed by atoms with Crippen molar-refractivity contribution in [2.45, 2.75) is 37.8 Å². The summed E-state index contributed by atoms with van der Waals surface area (Å²) in [5.41, 5.74) is 0.676. The van der Waals surface area contributed by atoms with E-state index in [0.29, 0.717) is 17.6 Å². The molecule has 1 heterocycles. The van der Waals surface area contributed by atoms with Gasteiger partial charge in [0.2, 0.25) is 0 Å². The van der Waals surface area contributed by atoms with Gasteiger partial charge in [0, 0.05) is 43.8 Å². The predicted molar refractivity (Wildman–Crippen MR) is 95.6 cm³/mol. The molecule has 3 rings (SSSR count). The Kier molecular flexibility index (Phi) is 5.74. The average Bonchev–Trinajstić information content (AvgIpc) is 2.63. The fourth-order valence-electron chi connectivity index (χ4n) is 3.81. The van der Waals surface area contributed by atoms with Crippen LogP contribution in [-0.4, -0.2) is 68.1 Å². The van der Waals surface area contributed by atoms with Gasteiger partial charge in [-0.05, 0) is 50.9 Å². The third-order valence-electron chi connectivity index (χ3n) is 5.42. The van der Waals surface area contributed by atoms with Gasteiger partial charge in [-0.25, -0.2) is 0 Å². The summed E-state index contributed by atoms with van der Waals surface area (Å²) in [6.45, 7) is 4.71. The van der Waals surface area contributed by atoms with E-state index >= 15 is 0 Å². The molecule has 1 aliphatic carbocycles. The van der Waals surface area contributed by atoms with Crippen molar-refractivity contribution >= 4 is 5.91 Å². The van der Waals surface area contributed by atoms with Gasteiger partial charge in [-0.3, -0.25) is 9.69 Å². The number of carbonyl (C=O) groups is 1. The lowest BCUT2D eigenvalue weighted by Crippen LogP contribution is -2.51. The zero-order valence-electron chi connectivity index (χ0n) is 14.8. The second-order valence-electron chi connectivity index (χ2n) is 7.05. The SMILES string of the molecule is COc1cccc(C(=O)NC2CCC(N3CCN(C)CC3)CC2)c1. The standard InChI is InChI=1S/C19H29N3O2/c1-21-10-12-22(13-11-21)17-8-6-16(7-9-17)20-19(23)15-4-3-5-18(14-15)24-2/h3-5,14,16-17H,6-13H2,1-2H3,(H,20,23). The number of benzene rings is 1. The third-order valence-corrected chi connectivity index (χ3v) is 5.42. The topological polar surface area (TPSA) is 44.8 Å². The molecule has 1 aliphatic heterocycles. The zero-order valence-corrected chi connectivity index (χ0v) is 14.8. The van der Waals surface area contributed by atoms with Gasteiger partial charge >= 0.3 is 0 Å². The van der Waals surface area contributed by atoms with E-state index in [9.17, 15) is 4.79 Å². The maximum Gasteiger partial charge on any atom is 0.251 e. The van der Waals surface area contributed by atoms with Crippen LogP contribution >= 0.6 is 0 Å². The Hall–Kier alpha value is -1.59. The molecule has 2 fully saturated rings. The molecule has 0 unspecified atom stereocenters. The van der Waals surface area contributed by atoms with Crippen molar-refractivity contribution in [1.82, 2.24) is 15.1 Å². The molecule has 0 bridgehead atoms. The Morgan fingerprint density at radius 3 is 2.50 bits per heavy atom. The van der Waals surface area contributed by atoms with Crippen molar-refractivity contribution in [3.63, 3.8) is 0 Å². The molecule has 24 heavy (non-hydrogen) atoms. The van der Waals surface area contributed by atoms with Crippen LogP contribution in [0.2, 0.25) is 0 Å². The van der Waals surface area contributed by atoms with Crippen LogP contribution in [0.4, 0.5) is 0 Å². The minimum atomic E-state index is 0.0111. The maximum absolute atomic E-state index is 12.4. The van der Waals surface area contributed by atoms with Gasteiger partial charge in [-0.2, -0.15) is 0 Å². The highest BCUT2D eigenvalue weighted by atomic mass is 16.5. The Labute approximate surface area is 145 Å². The van der Waals surface area contributed by atoms with Gasteiger partial charge in [-0.15, -0.1) is 0 Å². The number of nitrogens with zero attached hydrogens (tertiary/aromatic N) is 2. The Morgan fingerprint density at radius 1 is 1.12 bits per heavy atom. The van der Waals surface area contributed by atoms with E-state index in [1.165, 1.54) is 39.0 Å². The van der Waals surface area contributed by atoms with E-state index in [0.717, 1.165) is 18.6 Å². The predicted octanol–water partition coefficient (Wildman–Crippen LogP) is 1.98. The van der Waals surface area contributed by atoms with Crippen LogP contribution in [0.1, 0.15) is 36.0 Å². The number of amides is 1.